The summed E-state index contributed by atoms with van der Waals surface area (Å²) in [5.74, 6) is 0.245. The Morgan fingerprint density at radius 1 is 1.58 bits per heavy atom. The number of fused-ring (bicyclic) bond motifs is 1. The molecule has 1 aromatic carbocycles. The van der Waals surface area contributed by atoms with Crippen molar-refractivity contribution in [3.05, 3.63) is 23.8 Å². The molecule has 2 rings (SSSR count). The molecule has 0 saturated carbocycles. The van der Waals surface area contributed by atoms with E-state index < -0.39 is 11.9 Å². The Labute approximate surface area is 69.6 Å². The van der Waals surface area contributed by atoms with Gasteiger partial charge >= 0.3 is 5.97 Å². The van der Waals surface area contributed by atoms with Gasteiger partial charge < -0.3 is 9.84 Å². The second kappa shape index (κ2) is 2.24. The standard InChI is InChI=1S/C9H8O3/c1-5(9(10)11)6-3-2-4-7-8(6)12-7/h2-5H,1H3,(H,10,11)/t5-/m1/s1. The number of hydrogen-bond donors (Lipinski definition) is 1. The van der Waals surface area contributed by atoms with Crippen molar-refractivity contribution in [3.8, 4) is 11.5 Å². The lowest BCUT2D eigenvalue weighted by Gasteiger charge is -2.02. The lowest BCUT2D eigenvalue weighted by atomic mass is 10.0. The van der Waals surface area contributed by atoms with E-state index in [2.05, 4.69) is 0 Å². The average Bonchev–Trinajstić information content (AvgIpc) is 2.80. The topological polar surface area (TPSA) is 49.8 Å². The molecule has 0 amide bonds. The zero-order valence-electron chi connectivity index (χ0n) is 6.57. The highest BCUT2D eigenvalue weighted by molar-refractivity contribution is 5.79. The fourth-order valence-corrected chi connectivity index (χ4v) is 1.18. The van der Waals surface area contributed by atoms with Crippen molar-refractivity contribution in [1.82, 2.24) is 0 Å². The molecule has 0 aliphatic carbocycles. The molecule has 1 atom stereocenters. The van der Waals surface area contributed by atoms with Gasteiger partial charge in [0.25, 0.3) is 0 Å². The largest absolute Gasteiger partial charge is 0.481 e. The smallest absolute Gasteiger partial charge is 0.310 e. The Morgan fingerprint density at radius 2 is 2.33 bits per heavy atom. The minimum absolute atomic E-state index is 0.484. The molecule has 0 spiro atoms. The van der Waals surface area contributed by atoms with E-state index in [1.807, 2.05) is 6.07 Å². The molecule has 62 valence electrons. The first-order chi connectivity index (χ1) is 5.70. The maximum atomic E-state index is 10.6. The number of hydrogen-bond acceptors (Lipinski definition) is 2. The molecule has 3 nitrogen and oxygen atoms in total. The highest BCUT2D eigenvalue weighted by atomic mass is 16.6. The van der Waals surface area contributed by atoms with Crippen LogP contribution < -0.4 is 4.74 Å². The summed E-state index contributed by atoms with van der Waals surface area (Å²) in [7, 11) is 0. The molecule has 0 aromatic heterocycles. The number of benzene rings is 1. The monoisotopic (exact) mass is 164 g/mol. The fourth-order valence-electron chi connectivity index (χ4n) is 1.18. The number of aliphatic carboxylic acids is 1. The van der Waals surface area contributed by atoms with E-state index in [0.29, 0.717) is 0 Å². The lowest BCUT2D eigenvalue weighted by molar-refractivity contribution is -0.138. The Hall–Kier alpha value is -1.51. The maximum absolute atomic E-state index is 10.6. The van der Waals surface area contributed by atoms with Crippen molar-refractivity contribution in [3.63, 3.8) is 0 Å². The molecule has 0 saturated heterocycles. The minimum Gasteiger partial charge on any atom is -0.481 e. The number of carboxylic acid groups (broad SMARTS) is 1. The molecule has 1 aliphatic rings. The van der Waals surface area contributed by atoms with Gasteiger partial charge in [-0.25, -0.2) is 0 Å². The molecular weight excluding hydrogens is 156 g/mol. The first-order valence-corrected chi connectivity index (χ1v) is 3.73. The summed E-state index contributed by atoms with van der Waals surface area (Å²) in [6, 6.07) is 5.42. The van der Waals surface area contributed by atoms with Crippen molar-refractivity contribution in [2.24, 2.45) is 0 Å². The number of rotatable bonds is 2. The number of ether oxygens (including phenoxy) is 1. The third-order valence-corrected chi connectivity index (χ3v) is 2.02. The van der Waals surface area contributed by atoms with Crippen molar-refractivity contribution >= 4 is 5.97 Å². The minimum atomic E-state index is -0.820. The van der Waals surface area contributed by atoms with E-state index in [4.69, 9.17) is 9.84 Å². The molecule has 3 heteroatoms. The number of carbonyl (C=O) groups is 1. The maximum Gasteiger partial charge on any atom is 0.310 e. The van der Waals surface area contributed by atoms with Crippen molar-refractivity contribution in [1.29, 1.82) is 0 Å². The number of carboxylic acids is 1. The molecule has 0 unspecified atom stereocenters. The summed E-state index contributed by atoms with van der Waals surface area (Å²) in [5, 5.41) is 8.73. The van der Waals surface area contributed by atoms with Gasteiger partial charge in [-0.3, -0.25) is 4.79 Å². The molecule has 0 radical (unpaired) electrons. The second-order valence-corrected chi connectivity index (χ2v) is 2.84. The Kier molecular flexibility index (Phi) is 1.33. The molecule has 1 aliphatic heterocycles. The van der Waals surface area contributed by atoms with Crippen LogP contribution in [0, 0.1) is 0 Å². The lowest BCUT2D eigenvalue weighted by Crippen LogP contribution is -2.06. The van der Waals surface area contributed by atoms with Gasteiger partial charge in [-0.1, -0.05) is 12.1 Å². The van der Waals surface area contributed by atoms with E-state index >= 15 is 0 Å². The van der Waals surface area contributed by atoms with Gasteiger partial charge in [0, 0.05) is 5.56 Å². The van der Waals surface area contributed by atoms with Gasteiger partial charge in [0.15, 0.2) is 11.5 Å². The quantitative estimate of drug-likeness (QED) is 0.690. The molecule has 1 heterocycles. The average molecular weight is 164 g/mol. The van der Waals surface area contributed by atoms with Gasteiger partial charge in [0.05, 0.1) is 5.92 Å². The van der Waals surface area contributed by atoms with Crippen LogP contribution in [0.15, 0.2) is 18.2 Å². The summed E-state index contributed by atoms with van der Waals surface area (Å²) < 4.78 is 5.08. The summed E-state index contributed by atoms with van der Waals surface area (Å²) in [4.78, 5) is 10.6. The molecule has 0 fully saturated rings. The second-order valence-electron chi connectivity index (χ2n) is 2.84. The molecule has 1 N–H and O–H groups in total. The van der Waals surface area contributed by atoms with Crippen LogP contribution >= 0.6 is 0 Å². The molecular formula is C9H8O3. The zero-order valence-corrected chi connectivity index (χ0v) is 6.57. The van der Waals surface area contributed by atoms with Crippen LogP contribution in [-0.4, -0.2) is 11.1 Å². The van der Waals surface area contributed by atoms with Gasteiger partial charge in [0.1, 0.15) is 0 Å². The van der Waals surface area contributed by atoms with Crippen molar-refractivity contribution in [2.45, 2.75) is 12.8 Å². The Morgan fingerprint density at radius 3 is 3.00 bits per heavy atom. The van der Waals surface area contributed by atoms with Crippen molar-refractivity contribution < 1.29 is 14.6 Å². The third-order valence-electron chi connectivity index (χ3n) is 2.02. The Bertz CT molecular complexity index is 344. The first kappa shape index (κ1) is 7.16. The van der Waals surface area contributed by atoms with E-state index in [1.165, 1.54) is 0 Å². The van der Waals surface area contributed by atoms with Crippen LogP contribution in [-0.2, 0) is 4.79 Å². The summed E-state index contributed by atoms with van der Waals surface area (Å²) >= 11 is 0. The van der Waals surface area contributed by atoms with Crippen molar-refractivity contribution in [2.75, 3.05) is 0 Å². The Balaban J connectivity index is 2.37. The highest BCUT2D eigenvalue weighted by Crippen LogP contribution is 2.50. The van der Waals surface area contributed by atoms with Crippen LogP contribution in [0.1, 0.15) is 18.4 Å². The van der Waals surface area contributed by atoms with Gasteiger partial charge in [-0.15, -0.1) is 0 Å². The van der Waals surface area contributed by atoms with E-state index in [-0.39, 0.29) is 0 Å². The van der Waals surface area contributed by atoms with Gasteiger partial charge in [-0.2, -0.15) is 0 Å². The van der Waals surface area contributed by atoms with E-state index in [0.717, 1.165) is 17.1 Å². The summed E-state index contributed by atoms with van der Waals surface area (Å²) in [6.07, 6.45) is 0. The first-order valence-electron chi connectivity index (χ1n) is 3.73. The predicted molar refractivity (Wildman–Crippen MR) is 42.6 cm³/mol. The SMILES string of the molecule is C[C@@H](C(=O)O)c1cccc2c1O2. The molecule has 12 heavy (non-hydrogen) atoms. The normalized spacial score (nSPS) is 14.4. The number of para-hydroxylation sites is 1. The summed E-state index contributed by atoms with van der Waals surface area (Å²) in [5.41, 5.74) is 0.764. The molecule has 1 aromatic rings. The molecule has 0 bridgehead atoms. The van der Waals surface area contributed by atoms with Crippen LogP contribution in [0.25, 0.3) is 0 Å². The fraction of sp³-hybridized carbons (Fsp3) is 0.222. The van der Waals surface area contributed by atoms with Gasteiger partial charge in [0.2, 0.25) is 0 Å². The van der Waals surface area contributed by atoms with E-state index in [9.17, 15) is 4.79 Å². The summed E-state index contributed by atoms with van der Waals surface area (Å²) in [6.45, 7) is 1.65. The highest BCUT2D eigenvalue weighted by Gasteiger charge is 2.29. The van der Waals surface area contributed by atoms with E-state index in [1.54, 1.807) is 19.1 Å². The van der Waals surface area contributed by atoms with Gasteiger partial charge in [-0.05, 0) is 13.0 Å². The third kappa shape index (κ3) is 0.942. The predicted octanol–water partition coefficient (Wildman–Crippen LogP) is 1.98. The van der Waals surface area contributed by atoms with Crippen LogP contribution in [0.3, 0.4) is 0 Å². The van der Waals surface area contributed by atoms with Crippen LogP contribution in [0.5, 0.6) is 11.5 Å². The zero-order chi connectivity index (χ0) is 8.72. The van der Waals surface area contributed by atoms with Crippen LogP contribution in [0.4, 0.5) is 0 Å². The van der Waals surface area contributed by atoms with Crippen LogP contribution in [0.2, 0.25) is 0 Å².